The Balaban J connectivity index is 1.46. The van der Waals surface area contributed by atoms with Crippen LogP contribution in [0.3, 0.4) is 0 Å². The van der Waals surface area contributed by atoms with Gasteiger partial charge in [-0.25, -0.2) is 0 Å². The molecule has 0 spiro atoms. The molecule has 0 saturated carbocycles. The molecule has 4 heteroatoms. The van der Waals surface area contributed by atoms with E-state index in [4.69, 9.17) is 4.74 Å². The molecule has 1 N–H and O–H groups in total. The van der Waals surface area contributed by atoms with Gasteiger partial charge < -0.3 is 10.1 Å². The van der Waals surface area contributed by atoms with Gasteiger partial charge in [-0.05, 0) is 53.8 Å². The SMILES string of the molecule is COc1cccc([C@@H](c2ccc3c(c2)CNC3)N2C[C@@H](C)N(Cc3ccccc3)C[C@@H]2C)c1. The smallest absolute Gasteiger partial charge is 0.119 e. The van der Waals surface area contributed by atoms with Crippen LogP contribution in [0.4, 0.5) is 0 Å². The fraction of sp³-hybridized carbons (Fsp3) is 0.379. The van der Waals surface area contributed by atoms with Gasteiger partial charge in [0.05, 0.1) is 13.2 Å². The highest BCUT2D eigenvalue weighted by Crippen LogP contribution is 2.36. The number of hydrogen-bond acceptors (Lipinski definition) is 4. The van der Waals surface area contributed by atoms with Gasteiger partial charge in [0.15, 0.2) is 0 Å². The minimum atomic E-state index is 0.210. The molecule has 4 nitrogen and oxygen atoms in total. The third-order valence-electron chi connectivity index (χ3n) is 7.31. The molecule has 0 aromatic heterocycles. The van der Waals surface area contributed by atoms with Gasteiger partial charge in [-0.3, -0.25) is 9.80 Å². The first-order valence-electron chi connectivity index (χ1n) is 12.1. The van der Waals surface area contributed by atoms with Gasteiger partial charge in [0.2, 0.25) is 0 Å². The van der Waals surface area contributed by atoms with Crippen molar-refractivity contribution in [1.82, 2.24) is 15.1 Å². The first-order valence-corrected chi connectivity index (χ1v) is 12.1. The molecule has 2 aliphatic rings. The molecule has 3 aromatic rings. The van der Waals surface area contributed by atoms with E-state index in [1.54, 1.807) is 7.11 Å². The molecule has 1 saturated heterocycles. The fourth-order valence-electron chi connectivity index (χ4n) is 5.49. The first-order chi connectivity index (χ1) is 16.1. The quantitative estimate of drug-likeness (QED) is 0.584. The zero-order valence-electron chi connectivity index (χ0n) is 20.0. The number of hydrogen-bond donors (Lipinski definition) is 1. The molecule has 2 aliphatic heterocycles. The molecule has 3 aromatic carbocycles. The molecule has 33 heavy (non-hydrogen) atoms. The topological polar surface area (TPSA) is 27.7 Å². The third kappa shape index (κ3) is 4.70. The summed E-state index contributed by atoms with van der Waals surface area (Å²) < 4.78 is 5.60. The van der Waals surface area contributed by atoms with Crippen LogP contribution < -0.4 is 10.1 Å². The van der Waals surface area contributed by atoms with Crippen LogP contribution >= 0.6 is 0 Å². The van der Waals surface area contributed by atoms with Crippen LogP contribution in [0.5, 0.6) is 5.75 Å². The van der Waals surface area contributed by atoms with E-state index in [9.17, 15) is 0 Å². The molecule has 5 rings (SSSR count). The Hall–Kier alpha value is -2.66. The highest BCUT2D eigenvalue weighted by molar-refractivity contribution is 5.42. The van der Waals surface area contributed by atoms with Gasteiger partial charge in [0.25, 0.3) is 0 Å². The van der Waals surface area contributed by atoms with Crippen LogP contribution in [-0.2, 0) is 19.6 Å². The predicted octanol–water partition coefficient (Wildman–Crippen LogP) is 4.98. The Morgan fingerprint density at radius 1 is 0.848 bits per heavy atom. The second kappa shape index (κ2) is 9.68. The van der Waals surface area contributed by atoms with Crippen LogP contribution in [0.15, 0.2) is 72.8 Å². The molecule has 3 atom stereocenters. The monoisotopic (exact) mass is 441 g/mol. The fourth-order valence-corrected chi connectivity index (χ4v) is 5.49. The zero-order chi connectivity index (χ0) is 22.8. The largest absolute Gasteiger partial charge is 0.497 e. The maximum absolute atomic E-state index is 5.60. The summed E-state index contributed by atoms with van der Waals surface area (Å²) in [6, 6.07) is 27.7. The summed E-state index contributed by atoms with van der Waals surface area (Å²) in [5.41, 5.74) is 6.93. The average Bonchev–Trinajstić information content (AvgIpc) is 3.31. The summed E-state index contributed by atoms with van der Waals surface area (Å²) in [5, 5.41) is 3.50. The van der Waals surface area contributed by atoms with E-state index < -0.39 is 0 Å². The van der Waals surface area contributed by atoms with Crippen LogP contribution in [0.1, 0.15) is 47.7 Å². The lowest BCUT2D eigenvalue weighted by molar-refractivity contribution is 0.0195. The second-order valence-corrected chi connectivity index (χ2v) is 9.62. The predicted molar refractivity (Wildman–Crippen MR) is 134 cm³/mol. The van der Waals surface area contributed by atoms with Crippen LogP contribution in [0.25, 0.3) is 0 Å². The molecule has 0 radical (unpaired) electrons. The van der Waals surface area contributed by atoms with Gasteiger partial charge in [-0.15, -0.1) is 0 Å². The molecule has 0 bridgehead atoms. The Kier molecular flexibility index (Phi) is 6.50. The molecule has 2 heterocycles. The first kappa shape index (κ1) is 22.1. The van der Waals surface area contributed by atoms with Crippen molar-refractivity contribution >= 4 is 0 Å². The molecule has 0 unspecified atom stereocenters. The van der Waals surface area contributed by atoms with Gasteiger partial charge >= 0.3 is 0 Å². The lowest BCUT2D eigenvalue weighted by Crippen LogP contribution is -2.56. The Labute approximate surface area is 198 Å². The number of fused-ring (bicyclic) bond motifs is 1. The molecule has 172 valence electrons. The summed E-state index contributed by atoms with van der Waals surface area (Å²) in [4.78, 5) is 5.33. The summed E-state index contributed by atoms with van der Waals surface area (Å²) in [6.45, 7) is 9.79. The summed E-state index contributed by atoms with van der Waals surface area (Å²) in [6.07, 6.45) is 0. The molecule has 0 amide bonds. The summed E-state index contributed by atoms with van der Waals surface area (Å²) in [7, 11) is 1.75. The van der Waals surface area contributed by atoms with Gasteiger partial charge in [-0.1, -0.05) is 60.7 Å². The molecular formula is C29H35N3O. The number of ether oxygens (including phenoxy) is 1. The van der Waals surface area contributed by atoms with E-state index in [1.165, 1.54) is 27.8 Å². The van der Waals surface area contributed by atoms with Crippen molar-refractivity contribution in [2.75, 3.05) is 20.2 Å². The number of piperazine rings is 1. The lowest BCUT2D eigenvalue weighted by Gasteiger charge is -2.48. The van der Waals surface area contributed by atoms with Crippen molar-refractivity contribution in [3.63, 3.8) is 0 Å². The Morgan fingerprint density at radius 3 is 2.45 bits per heavy atom. The van der Waals surface area contributed by atoms with Gasteiger partial charge in [0, 0.05) is 44.8 Å². The van der Waals surface area contributed by atoms with E-state index in [-0.39, 0.29) is 6.04 Å². The van der Waals surface area contributed by atoms with Gasteiger partial charge in [-0.2, -0.15) is 0 Å². The minimum absolute atomic E-state index is 0.210. The van der Waals surface area contributed by atoms with E-state index in [2.05, 4.69) is 95.7 Å². The number of nitrogens with one attached hydrogen (secondary N) is 1. The van der Waals surface area contributed by atoms with Crippen molar-refractivity contribution in [3.8, 4) is 5.75 Å². The highest BCUT2D eigenvalue weighted by atomic mass is 16.5. The van der Waals surface area contributed by atoms with Crippen molar-refractivity contribution in [3.05, 3.63) is 101 Å². The van der Waals surface area contributed by atoms with Gasteiger partial charge in [0.1, 0.15) is 5.75 Å². The summed E-state index contributed by atoms with van der Waals surface area (Å²) in [5.74, 6) is 0.920. The maximum atomic E-state index is 5.60. The van der Waals surface area contributed by atoms with E-state index in [0.29, 0.717) is 12.1 Å². The number of benzene rings is 3. The van der Waals surface area contributed by atoms with E-state index >= 15 is 0 Å². The second-order valence-electron chi connectivity index (χ2n) is 9.62. The lowest BCUT2D eigenvalue weighted by atomic mass is 9.91. The average molecular weight is 442 g/mol. The van der Waals surface area contributed by atoms with Crippen LogP contribution in [0, 0.1) is 0 Å². The molecule has 1 fully saturated rings. The van der Waals surface area contributed by atoms with E-state index in [0.717, 1.165) is 38.5 Å². The van der Waals surface area contributed by atoms with Crippen LogP contribution in [-0.4, -0.2) is 42.1 Å². The summed E-state index contributed by atoms with van der Waals surface area (Å²) >= 11 is 0. The Morgan fingerprint density at radius 2 is 1.64 bits per heavy atom. The Bertz CT molecular complexity index is 1080. The maximum Gasteiger partial charge on any atom is 0.119 e. The minimum Gasteiger partial charge on any atom is -0.497 e. The van der Waals surface area contributed by atoms with Crippen molar-refractivity contribution in [2.24, 2.45) is 0 Å². The third-order valence-corrected chi connectivity index (χ3v) is 7.31. The molecule has 0 aliphatic carbocycles. The highest BCUT2D eigenvalue weighted by Gasteiger charge is 2.35. The number of nitrogens with zero attached hydrogens (tertiary/aromatic N) is 2. The molecular weight excluding hydrogens is 406 g/mol. The van der Waals surface area contributed by atoms with Crippen LogP contribution in [0.2, 0.25) is 0 Å². The zero-order valence-corrected chi connectivity index (χ0v) is 20.0. The van der Waals surface area contributed by atoms with Crippen molar-refractivity contribution in [2.45, 2.75) is 51.6 Å². The number of methoxy groups -OCH3 is 1. The normalized spacial score (nSPS) is 22.2. The number of rotatable bonds is 6. The van der Waals surface area contributed by atoms with E-state index in [1.807, 2.05) is 6.07 Å². The standard InChI is InChI=1S/C29H35N3O/c1-21-19-32(22(2)18-31(21)20-23-8-5-4-6-9-23)29(24-10-7-11-28(15-24)33-3)25-12-13-26-16-30-17-27(26)14-25/h4-15,21-22,29-30H,16-20H2,1-3H3/t21-,22+,29+/m1/s1. The van der Waals surface area contributed by atoms with Crippen molar-refractivity contribution < 1.29 is 4.74 Å². The van der Waals surface area contributed by atoms with Crippen molar-refractivity contribution in [1.29, 1.82) is 0 Å².